The molecule has 4 atom stereocenters. The van der Waals surface area contributed by atoms with Gasteiger partial charge in [0.2, 0.25) is 0 Å². The number of hydrogen-bond donors (Lipinski definition) is 3. The maximum absolute atomic E-state index is 12.5. The van der Waals surface area contributed by atoms with Crippen LogP contribution in [0.3, 0.4) is 0 Å². The normalized spacial score (nSPS) is 30.0. The van der Waals surface area contributed by atoms with E-state index < -0.39 is 30.1 Å². The summed E-state index contributed by atoms with van der Waals surface area (Å²) in [6.45, 7) is 5.21. The van der Waals surface area contributed by atoms with Gasteiger partial charge in [-0.1, -0.05) is 31.2 Å². The van der Waals surface area contributed by atoms with Crippen molar-refractivity contribution in [1.29, 1.82) is 0 Å². The number of aliphatic hydroxyl groups is 2. The Balaban J connectivity index is 2.48. The minimum Gasteiger partial charge on any atom is -0.507 e. The standard InChI is InChI=1S/C20H24O6/c1-11-9-14-5-4-6-15(21)19(24)16(22)8-7-12(2)13(3)26-20(25)18(14)17(23)10-11/h4-5,7-10,12-13,15,19,21,23-24H,6H2,1-3H3/b5-4+,8-7-/t12-,13?,15-,19-/m0/s1. The van der Waals surface area contributed by atoms with E-state index >= 15 is 0 Å². The van der Waals surface area contributed by atoms with E-state index in [1.807, 2.05) is 0 Å². The third-order valence-electron chi connectivity index (χ3n) is 4.42. The van der Waals surface area contributed by atoms with Gasteiger partial charge in [-0.3, -0.25) is 4.79 Å². The summed E-state index contributed by atoms with van der Waals surface area (Å²) >= 11 is 0. The summed E-state index contributed by atoms with van der Waals surface area (Å²) in [7, 11) is 0. The van der Waals surface area contributed by atoms with Crippen molar-refractivity contribution in [3.8, 4) is 5.75 Å². The molecule has 26 heavy (non-hydrogen) atoms. The molecule has 2 rings (SSSR count). The monoisotopic (exact) mass is 360 g/mol. The number of ketones is 1. The van der Waals surface area contributed by atoms with Gasteiger partial charge in [-0.2, -0.15) is 0 Å². The van der Waals surface area contributed by atoms with Crippen LogP contribution in [0.25, 0.3) is 6.08 Å². The molecule has 0 bridgehead atoms. The summed E-state index contributed by atoms with van der Waals surface area (Å²) < 4.78 is 5.43. The number of carbonyl (C=O) groups excluding carboxylic acids is 2. The lowest BCUT2D eigenvalue weighted by Crippen LogP contribution is -2.32. The number of aromatic hydroxyl groups is 1. The molecule has 1 heterocycles. The second kappa shape index (κ2) is 8.29. The molecule has 140 valence electrons. The summed E-state index contributed by atoms with van der Waals surface area (Å²) in [5, 5.41) is 30.1. The van der Waals surface area contributed by atoms with E-state index in [4.69, 9.17) is 4.74 Å². The fraction of sp³-hybridized carbons (Fsp3) is 0.400. The van der Waals surface area contributed by atoms with Crippen LogP contribution in [0.15, 0.2) is 30.4 Å². The third kappa shape index (κ3) is 4.59. The molecule has 3 N–H and O–H groups in total. The fourth-order valence-electron chi connectivity index (χ4n) is 2.64. The number of hydrogen-bond acceptors (Lipinski definition) is 6. The highest BCUT2D eigenvalue weighted by atomic mass is 16.5. The molecule has 1 aliphatic heterocycles. The van der Waals surface area contributed by atoms with E-state index in [0.29, 0.717) is 5.56 Å². The fourth-order valence-corrected chi connectivity index (χ4v) is 2.64. The van der Waals surface area contributed by atoms with Gasteiger partial charge >= 0.3 is 5.97 Å². The predicted molar refractivity (Wildman–Crippen MR) is 96.7 cm³/mol. The van der Waals surface area contributed by atoms with Gasteiger partial charge < -0.3 is 20.1 Å². The molecule has 1 aliphatic rings. The average molecular weight is 360 g/mol. The lowest BCUT2D eigenvalue weighted by atomic mass is 9.99. The zero-order valence-corrected chi connectivity index (χ0v) is 15.0. The maximum Gasteiger partial charge on any atom is 0.342 e. The molecule has 0 saturated heterocycles. The Labute approximate surface area is 152 Å². The average Bonchev–Trinajstić information content (AvgIpc) is 2.56. The number of rotatable bonds is 0. The van der Waals surface area contributed by atoms with E-state index in [0.717, 1.165) is 5.56 Å². The van der Waals surface area contributed by atoms with E-state index in [1.54, 1.807) is 32.9 Å². The number of ether oxygens (including phenoxy) is 1. The Bertz CT molecular complexity index is 749. The van der Waals surface area contributed by atoms with Crippen molar-refractivity contribution in [2.45, 2.75) is 45.5 Å². The lowest BCUT2D eigenvalue weighted by Gasteiger charge is -2.20. The van der Waals surface area contributed by atoms with Crippen LogP contribution in [0.1, 0.15) is 41.8 Å². The van der Waals surface area contributed by atoms with Crippen molar-refractivity contribution >= 4 is 17.8 Å². The zero-order valence-electron chi connectivity index (χ0n) is 15.0. The van der Waals surface area contributed by atoms with Crippen LogP contribution in [0.2, 0.25) is 0 Å². The molecule has 1 aromatic carbocycles. The number of phenolic OH excluding ortho intramolecular Hbond substituents is 1. The van der Waals surface area contributed by atoms with Crippen LogP contribution in [-0.2, 0) is 9.53 Å². The van der Waals surface area contributed by atoms with E-state index in [9.17, 15) is 24.9 Å². The highest BCUT2D eigenvalue weighted by molar-refractivity contribution is 5.97. The number of aryl methyl sites for hydroxylation is 1. The van der Waals surface area contributed by atoms with Crippen molar-refractivity contribution in [2.24, 2.45) is 5.92 Å². The summed E-state index contributed by atoms with van der Waals surface area (Å²) in [5.41, 5.74) is 1.23. The van der Waals surface area contributed by atoms with Crippen LogP contribution in [0.5, 0.6) is 5.75 Å². The first-order valence-corrected chi connectivity index (χ1v) is 8.50. The summed E-state index contributed by atoms with van der Waals surface area (Å²) in [5.74, 6) is -1.77. The van der Waals surface area contributed by atoms with Gasteiger partial charge in [0.25, 0.3) is 0 Å². The zero-order chi connectivity index (χ0) is 19.4. The van der Waals surface area contributed by atoms with Gasteiger partial charge in [0.15, 0.2) is 5.78 Å². The number of fused-ring (bicyclic) bond motifs is 1. The van der Waals surface area contributed by atoms with Crippen LogP contribution in [0.4, 0.5) is 0 Å². The van der Waals surface area contributed by atoms with Gasteiger partial charge in [-0.05, 0) is 43.5 Å². The van der Waals surface area contributed by atoms with Gasteiger partial charge in [0.05, 0.1) is 6.10 Å². The van der Waals surface area contributed by atoms with Crippen molar-refractivity contribution in [3.05, 3.63) is 47.1 Å². The molecule has 0 spiro atoms. The maximum atomic E-state index is 12.5. The molecular formula is C20H24O6. The minimum atomic E-state index is -1.53. The summed E-state index contributed by atoms with van der Waals surface area (Å²) in [4.78, 5) is 24.5. The first kappa shape index (κ1) is 19.9. The molecule has 0 amide bonds. The molecule has 0 aliphatic carbocycles. The molecule has 1 unspecified atom stereocenters. The van der Waals surface area contributed by atoms with E-state index in [-0.39, 0.29) is 23.7 Å². The first-order valence-electron chi connectivity index (χ1n) is 8.50. The number of aliphatic hydroxyl groups excluding tert-OH is 2. The summed E-state index contributed by atoms with van der Waals surface area (Å²) in [6.07, 6.45) is 2.44. The number of esters is 1. The SMILES string of the molecule is Cc1cc(O)c2c(c1)/C=C/C[C@H](O)[C@H](O)C(=O)/C=C\[C@H](C)C(C)OC2=O. The number of phenols is 1. The van der Waals surface area contributed by atoms with Crippen molar-refractivity contribution in [2.75, 3.05) is 0 Å². The lowest BCUT2D eigenvalue weighted by molar-refractivity contribution is -0.127. The van der Waals surface area contributed by atoms with Gasteiger partial charge in [-0.15, -0.1) is 0 Å². The summed E-state index contributed by atoms with van der Waals surface area (Å²) in [6, 6.07) is 3.18. The minimum absolute atomic E-state index is 0.00982. The smallest absolute Gasteiger partial charge is 0.342 e. The largest absolute Gasteiger partial charge is 0.507 e. The first-order chi connectivity index (χ1) is 12.2. The quantitative estimate of drug-likeness (QED) is 0.613. The van der Waals surface area contributed by atoms with Crippen LogP contribution >= 0.6 is 0 Å². The third-order valence-corrected chi connectivity index (χ3v) is 4.42. The predicted octanol–water partition coefficient (Wildman–Crippen LogP) is 2.15. The van der Waals surface area contributed by atoms with Crippen molar-refractivity contribution in [1.82, 2.24) is 0 Å². The topological polar surface area (TPSA) is 104 Å². The molecule has 6 heteroatoms. The number of carbonyl (C=O) groups is 2. The van der Waals surface area contributed by atoms with Gasteiger partial charge in [-0.25, -0.2) is 4.79 Å². The molecular weight excluding hydrogens is 336 g/mol. The Hall–Kier alpha value is -2.44. The number of benzene rings is 1. The second-order valence-electron chi connectivity index (χ2n) is 6.63. The highest BCUT2D eigenvalue weighted by Gasteiger charge is 2.24. The Morgan fingerprint density at radius 3 is 2.50 bits per heavy atom. The van der Waals surface area contributed by atoms with Crippen molar-refractivity contribution < 1.29 is 29.6 Å². The van der Waals surface area contributed by atoms with Crippen LogP contribution in [0, 0.1) is 12.8 Å². The van der Waals surface area contributed by atoms with Gasteiger partial charge in [0.1, 0.15) is 23.5 Å². The van der Waals surface area contributed by atoms with Crippen LogP contribution < -0.4 is 0 Å². The molecule has 0 radical (unpaired) electrons. The molecule has 0 saturated carbocycles. The molecule has 1 aromatic rings. The Morgan fingerprint density at radius 2 is 1.81 bits per heavy atom. The van der Waals surface area contributed by atoms with E-state index in [2.05, 4.69) is 0 Å². The Kier molecular flexibility index (Phi) is 6.34. The van der Waals surface area contributed by atoms with E-state index in [1.165, 1.54) is 24.3 Å². The van der Waals surface area contributed by atoms with Gasteiger partial charge in [0, 0.05) is 5.92 Å². The van der Waals surface area contributed by atoms with Crippen molar-refractivity contribution in [3.63, 3.8) is 0 Å². The number of cyclic esters (lactones) is 1. The Morgan fingerprint density at radius 1 is 1.12 bits per heavy atom. The second-order valence-corrected chi connectivity index (χ2v) is 6.63. The van der Waals surface area contributed by atoms with Crippen LogP contribution in [-0.4, -0.2) is 45.4 Å². The molecule has 0 fully saturated rings. The molecule has 6 nitrogen and oxygen atoms in total. The molecule has 0 aromatic heterocycles. The highest BCUT2D eigenvalue weighted by Crippen LogP contribution is 2.27.